The van der Waals surface area contributed by atoms with Crippen LogP contribution in [0.3, 0.4) is 0 Å². The number of hydrogen-bond donors (Lipinski definition) is 2. The molecule has 0 aliphatic carbocycles. The minimum absolute atomic E-state index is 0.572. The first-order chi connectivity index (χ1) is 14.7. The third-order valence-corrected chi connectivity index (χ3v) is 5.36. The van der Waals surface area contributed by atoms with Crippen LogP contribution in [0, 0.1) is 0 Å². The first-order valence-electron chi connectivity index (χ1n) is 10.3. The molecule has 3 N–H and O–H groups in total. The van der Waals surface area contributed by atoms with Crippen molar-refractivity contribution >= 4 is 17.3 Å². The second kappa shape index (κ2) is 9.56. The van der Waals surface area contributed by atoms with Gasteiger partial charge in [0.05, 0.1) is 0 Å². The molecule has 156 valence electrons. The van der Waals surface area contributed by atoms with E-state index >= 15 is 0 Å². The average molecular weight is 404 g/mol. The van der Waals surface area contributed by atoms with Gasteiger partial charge in [0.15, 0.2) is 11.6 Å². The second-order valence-corrected chi connectivity index (χ2v) is 7.69. The smallest absolute Gasteiger partial charge is 0.169 e. The molecule has 0 spiro atoms. The number of nitrogens with one attached hydrogen (secondary N) is 1. The van der Waals surface area contributed by atoms with E-state index in [2.05, 4.69) is 85.8 Å². The van der Waals surface area contributed by atoms with Crippen molar-refractivity contribution < 1.29 is 0 Å². The highest BCUT2D eigenvalue weighted by Crippen LogP contribution is 2.29. The Morgan fingerprint density at radius 2 is 1.43 bits per heavy atom. The topological polar surface area (TPSA) is 73.5 Å². The fourth-order valence-electron chi connectivity index (χ4n) is 3.61. The lowest BCUT2D eigenvalue weighted by molar-refractivity contribution is 0.178. The van der Waals surface area contributed by atoms with E-state index in [-0.39, 0.29) is 0 Å². The van der Waals surface area contributed by atoms with Gasteiger partial charge in [-0.15, -0.1) is 0 Å². The van der Waals surface area contributed by atoms with Gasteiger partial charge in [0, 0.05) is 39.3 Å². The monoisotopic (exact) mass is 403 g/mol. The molecule has 2 heterocycles. The fourth-order valence-corrected chi connectivity index (χ4v) is 3.61. The molecule has 0 atom stereocenters. The van der Waals surface area contributed by atoms with Gasteiger partial charge in [-0.3, -0.25) is 0 Å². The van der Waals surface area contributed by atoms with Crippen molar-refractivity contribution in [3.05, 3.63) is 78.1 Å². The molecule has 1 aromatic heterocycles. The summed E-state index contributed by atoms with van der Waals surface area (Å²) in [4.78, 5) is 13.5. The van der Waals surface area contributed by atoms with Crippen molar-refractivity contribution in [1.82, 2.24) is 19.9 Å². The highest BCUT2D eigenvalue weighted by molar-refractivity contribution is 5.74. The normalized spacial score (nSPS) is 15.1. The van der Waals surface area contributed by atoms with Crippen molar-refractivity contribution in [3.63, 3.8) is 0 Å². The lowest BCUT2D eigenvalue weighted by Gasteiger charge is -2.33. The van der Waals surface area contributed by atoms with Gasteiger partial charge in [-0.25, -0.2) is 15.0 Å². The van der Waals surface area contributed by atoms with E-state index in [0.29, 0.717) is 24.6 Å². The van der Waals surface area contributed by atoms with Gasteiger partial charge >= 0.3 is 0 Å². The van der Waals surface area contributed by atoms with Gasteiger partial charge in [0.25, 0.3) is 0 Å². The summed E-state index contributed by atoms with van der Waals surface area (Å²) < 4.78 is 0. The predicted molar refractivity (Wildman–Crippen MR) is 122 cm³/mol. The van der Waals surface area contributed by atoms with E-state index in [1.54, 1.807) is 6.33 Å². The molecule has 0 amide bonds. The predicted octanol–water partition coefficient (Wildman–Crippen LogP) is 2.84. The molecular formula is C23H29N7. The van der Waals surface area contributed by atoms with Crippen LogP contribution < -0.4 is 16.1 Å². The largest absolute Gasteiger partial charge is 0.393 e. The number of hydrazine groups is 1. The van der Waals surface area contributed by atoms with E-state index in [1.165, 1.54) is 11.1 Å². The van der Waals surface area contributed by atoms with Crippen molar-refractivity contribution in [2.45, 2.75) is 13.1 Å². The molecule has 30 heavy (non-hydrogen) atoms. The molecule has 3 aromatic rings. The van der Waals surface area contributed by atoms with Crippen LogP contribution in [0.25, 0.3) is 0 Å². The van der Waals surface area contributed by atoms with Crippen molar-refractivity contribution in [2.24, 2.45) is 0 Å². The van der Waals surface area contributed by atoms with Gasteiger partial charge in [-0.05, 0) is 18.2 Å². The maximum absolute atomic E-state index is 6.57. The Balaban J connectivity index is 1.59. The number of likely N-dealkylation sites (N-methyl/N-ethyl adjacent to an activating group) is 1. The fraction of sp³-hybridized carbons (Fsp3) is 0.304. The van der Waals surface area contributed by atoms with Gasteiger partial charge in [0.2, 0.25) is 0 Å². The van der Waals surface area contributed by atoms with E-state index in [1.807, 2.05) is 12.1 Å². The number of aromatic nitrogens is 2. The maximum atomic E-state index is 6.57. The molecule has 0 unspecified atom stereocenters. The molecule has 7 heteroatoms. The van der Waals surface area contributed by atoms with Crippen LogP contribution in [0.2, 0.25) is 0 Å². The standard InChI is InChI=1S/C23H29N7/c1-28-12-14-30(15-13-28)27-22-21(24)23(26-18-25-22)29(16-19-8-4-2-5-9-19)17-20-10-6-3-7-11-20/h2-11,18H,12-17,24H2,1H3,(H,25,26,27). The number of nitrogen functional groups attached to an aromatic ring is 1. The molecule has 1 fully saturated rings. The first-order valence-corrected chi connectivity index (χ1v) is 10.3. The summed E-state index contributed by atoms with van der Waals surface area (Å²) in [6.45, 7) is 5.30. The minimum Gasteiger partial charge on any atom is -0.393 e. The van der Waals surface area contributed by atoms with E-state index in [9.17, 15) is 0 Å². The van der Waals surface area contributed by atoms with Crippen LogP contribution in [-0.2, 0) is 13.1 Å². The highest BCUT2D eigenvalue weighted by Gasteiger charge is 2.19. The Bertz CT molecular complexity index is 883. The molecule has 1 aliphatic rings. The summed E-state index contributed by atoms with van der Waals surface area (Å²) in [5.41, 5.74) is 13.0. The summed E-state index contributed by atoms with van der Waals surface area (Å²) in [5.74, 6) is 1.41. The van der Waals surface area contributed by atoms with Crippen LogP contribution >= 0.6 is 0 Å². The summed E-state index contributed by atoms with van der Waals surface area (Å²) in [7, 11) is 2.14. The van der Waals surface area contributed by atoms with Crippen LogP contribution in [0.5, 0.6) is 0 Å². The number of nitrogens with zero attached hydrogens (tertiary/aromatic N) is 5. The lowest BCUT2D eigenvalue weighted by atomic mass is 10.1. The molecule has 7 nitrogen and oxygen atoms in total. The maximum Gasteiger partial charge on any atom is 0.169 e. The van der Waals surface area contributed by atoms with Crippen molar-refractivity contribution in [3.8, 4) is 0 Å². The molecule has 0 saturated carbocycles. The van der Waals surface area contributed by atoms with Crippen LogP contribution in [0.1, 0.15) is 11.1 Å². The van der Waals surface area contributed by atoms with Gasteiger partial charge in [-0.2, -0.15) is 0 Å². The van der Waals surface area contributed by atoms with E-state index in [0.717, 1.165) is 32.0 Å². The average Bonchev–Trinajstić information content (AvgIpc) is 2.78. The molecule has 0 bridgehead atoms. The number of rotatable bonds is 7. The zero-order valence-electron chi connectivity index (χ0n) is 17.4. The molecule has 2 aromatic carbocycles. The summed E-state index contributed by atoms with van der Waals surface area (Å²) in [6, 6.07) is 20.8. The molecular weight excluding hydrogens is 374 g/mol. The Morgan fingerprint density at radius 3 is 2.00 bits per heavy atom. The van der Waals surface area contributed by atoms with Crippen LogP contribution in [0.4, 0.5) is 17.3 Å². The molecule has 4 rings (SSSR count). The van der Waals surface area contributed by atoms with Gasteiger partial charge in [-0.1, -0.05) is 60.7 Å². The summed E-state index contributed by atoms with van der Waals surface area (Å²) in [5, 5.41) is 2.17. The first kappa shape index (κ1) is 20.1. The number of nitrogens with two attached hydrogens (primary N) is 1. The van der Waals surface area contributed by atoms with Crippen LogP contribution in [-0.4, -0.2) is 53.1 Å². The Kier molecular flexibility index (Phi) is 6.41. The third kappa shape index (κ3) is 5.06. The summed E-state index contributed by atoms with van der Waals surface area (Å²) in [6.07, 6.45) is 1.59. The Hall–Kier alpha value is -3.16. The second-order valence-electron chi connectivity index (χ2n) is 7.69. The molecule has 1 aliphatic heterocycles. The molecule has 0 radical (unpaired) electrons. The molecule has 1 saturated heterocycles. The Morgan fingerprint density at radius 1 is 0.867 bits per heavy atom. The van der Waals surface area contributed by atoms with Gasteiger partial charge < -0.3 is 21.0 Å². The number of hydrogen-bond acceptors (Lipinski definition) is 7. The SMILES string of the molecule is CN1CCN(Nc2ncnc(N(Cc3ccccc3)Cc3ccccc3)c2N)CC1. The zero-order chi connectivity index (χ0) is 20.8. The number of anilines is 3. The minimum atomic E-state index is 0.572. The lowest BCUT2D eigenvalue weighted by Crippen LogP contribution is -2.47. The third-order valence-electron chi connectivity index (χ3n) is 5.36. The van der Waals surface area contributed by atoms with E-state index in [4.69, 9.17) is 5.73 Å². The van der Waals surface area contributed by atoms with Crippen LogP contribution in [0.15, 0.2) is 67.0 Å². The summed E-state index contributed by atoms with van der Waals surface area (Å²) >= 11 is 0. The Labute approximate surface area is 178 Å². The van der Waals surface area contributed by atoms with Crippen molar-refractivity contribution in [1.29, 1.82) is 0 Å². The quantitative estimate of drug-likeness (QED) is 0.628. The van der Waals surface area contributed by atoms with E-state index < -0.39 is 0 Å². The number of benzene rings is 2. The zero-order valence-corrected chi connectivity index (χ0v) is 17.4. The highest BCUT2D eigenvalue weighted by atomic mass is 15.5. The van der Waals surface area contributed by atoms with Gasteiger partial charge in [0.1, 0.15) is 12.0 Å². The number of piperazine rings is 1. The van der Waals surface area contributed by atoms with Crippen molar-refractivity contribution in [2.75, 3.05) is 49.3 Å².